The van der Waals surface area contributed by atoms with Crippen molar-refractivity contribution >= 4 is 23.0 Å². The van der Waals surface area contributed by atoms with Crippen LogP contribution in [-0.4, -0.2) is 0 Å². The number of nitrogens with two attached hydrogens (primary N) is 2. The molecule has 0 bridgehead atoms. The van der Waals surface area contributed by atoms with Gasteiger partial charge in [0.05, 0.1) is 0 Å². The van der Waals surface area contributed by atoms with Gasteiger partial charge in [0.2, 0.25) is 0 Å². The Morgan fingerprint density at radius 1 is 1.25 bits per heavy atom. The second kappa shape index (κ2) is 2.56. The summed E-state index contributed by atoms with van der Waals surface area (Å²) in [4.78, 5) is 0. The molecule has 12 heavy (non-hydrogen) atoms. The fourth-order valence-electron chi connectivity index (χ4n) is 1.46. The van der Waals surface area contributed by atoms with Gasteiger partial charge in [-0.05, 0) is 36.5 Å². The summed E-state index contributed by atoms with van der Waals surface area (Å²) in [7, 11) is 0. The standard InChI is InChI=1S/C9H11ClN2/c10-7-3-6(11)4-8(12)9(7)5-1-2-5/h3-5H,1-2,11-12H2. The van der Waals surface area contributed by atoms with E-state index < -0.39 is 0 Å². The van der Waals surface area contributed by atoms with E-state index in [1.165, 1.54) is 12.8 Å². The maximum absolute atomic E-state index is 6.01. The number of hydrogen-bond acceptors (Lipinski definition) is 2. The third kappa shape index (κ3) is 1.23. The summed E-state index contributed by atoms with van der Waals surface area (Å²) in [5, 5.41) is 0.718. The van der Waals surface area contributed by atoms with Gasteiger partial charge in [-0.1, -0.05) is 11.6 Å². The summed E-state index contributed by atoms with van der Waals surface area (Å²) >= 11 is 6.01. The van der Waals surface area contributed by atoms with Crippen molar-refractivity contribution in [1.82, 2.24) is 0 Å². The third-order valence-corrected chi connectivity index (χ3v) is 2.48. The molecule has 64 valence electrons. The predicted octanol–water partition coefficient (Wildman–Crippen LogP) is 2.38. The molecule has 0 heterocycles. The van der Waals surface area contributed by atoms with Crippen LogP contribution in [0, 0.1) is 0 Å². The van der Waals surface area contributed by atoms with Crippen LogP contribution in [0.15, 0.2) is 12.1 Å². The van der Waals surface area contributed by atoms with E-state index in [0.29, 0.717) is 11.6 Å². The highest BCUT2D eigenvalue weighted by Gasteiger charge is 2.27. The molecule has 0 spiro atoms. The number of hydrogen-bond donors (Lipinski definition) is 2. The Morgan fingerprint density at radius 2 is 1.92 bits per heavy atom. The van der Waals surface area contributed by atoms with Crippen molar-refractivity contribution in [3.8, 4) is 0 Å². The van der Waals surface area contributed by atoms with Gasteiger partial charge >= 0.3 is 0 Å². The van der Waals surface area contributed by atoms with Crippen molar-refractivity contribution in [2.24, 2.45) is 0 Å². The van der Waals surface area contributed by atoms with Gasteiger partial charge < -0.3 is 11.5 Å². The van der Waals surface area contributed by atoms with Crippen LogP contribution in [0.25, 0.3) is 0 Å². The average Bonchev–Trinajstić information content (AvgIpc) is 2.68. The van der Waals surface area contributed by atoms with Gasteiger partial charge in [-0.25, -0.2) is 0 Å². The number of nitrogen functional groups attached to an aromatic ring is 2. The molecule has 0 unspecified atom stereocenters. The highest BCUT2D eigenvalue weighted by molar-refractivity contribution is 6.32. The van der Waals surface area contributed by atoms with E-state index in [4.69, 9.17) is 23.1 Å². The second-order valence-corrected chi connectivity index (χ2v) is 3.69. The smallest absolute Gasteiger partial charge is 0.0481 e. The zero-order valence-electron chi connectivity index (χ0n) is 6.68. The van der Waals surface area contributed by atoms with Crippen LogP contribution in [0.3, 0.4) is 0 Å². The van der Waals surface area contributed by atoms with Gasteiger partial charge in [-0.15, -0.1) is 0 Å². The number of halogens is 1. The molecule has 0 saturated heterocycles. The van der Waals surface area contributed by atoms with Crippen LogP contribution < -0.4 is 11.5 Å². The third-order valence-electron chi connectivity index (χ3n) is 2.17. The molecule has 2 rings (SSSR count). The lowest BCUT2D eigenvalue weighted by Crippen LogP contribution is -1.96. The van der Waals surface area contributed by atoms with Crippen molar-refractivity contribution in [3.63, 3.8) is 0 Å². The molecule has 4 N–H and O–H groups in total. The summed E-state index contributed by atoms with van der Waals surface area (Å²) in [5.41, 5.74) is 13.9. The van der Waals surface area contributed by atoms with Gasteiger partial charge in [-0.3, -0.25) is 0 Å². The van der Waals surface area contributed by atoms with Crippen LogP contribution in [0.4, 0.5) is 11.4 Å². The van der Waals surface area contributed by atoms with Crippen molar-refractivity contribution in [3.05, 3.63) is 22.7 Å². The minimum Gasteiger partial charge on any atom is -0.399 e. The van der Waals surface area contributed by atoms with Crippen LogP contribution in [0.1, 0.15) is 24.3 Å². The molecular formula is C9H11ClN2. The zero-order chi connectivity index (χ0) is 8.72. The molecule has 3 heteroatoms. The SMILES string of the molecule is Nc1cc(N)c(C2CC2)c(Cl)c1. The lowest BCUT2D eigenvalue weighted by Gasteiger charge is -2.07. The normalized spacial score (nSPS) is 16.4. The Morgan fingerprint density at radius 3 is 2.42 bits per heavy atom. The first kappa shape index (κ1) is 7.74. The molecule has 1 fully saturated rings. The monoisotopic (exact) mass is 182 g/mol. The van der Waals surface area contributed by atoms with Gasteiger partial charge in [0.1, 0.15) is 0 Å². The fraction of sp³-hybridized carbons (Fsp3) is 0.333. The summed E-state index contributed by atoms with van der Waals surface area (Å²) in [6, 6.07) is 3.55. The molecule has 2 nitrogen and oxygen atoms in total. The average molecular weight is 183 g/mol. The molecule has 1 aliphatic carbocycles. The first-order chi connectivity index (χ1) is 5.68. The van der Waals surface area contributed by atoms with Crippen molar-refractivity contribution in [2.45, 2.75) is 18.8 Å². The highest BCUT2D eigenvalue weighted by Crippen LogP contribution is 2.46. The summed E-state index contributed by atoms with van der Waals surface area (Å²) in [6.07, 6.45) is 2.40. The first-order valence-electron chi connectivity index (χ1n) is 4.03. The Kier molecular flexibility index (Phi) is 1.65. The molecule has 1 saturated carbocycles. The Labute approximate surface area is 76.5 Å². The number of benzene rings is 1. The molecular weight excluding hydrogens is 172 g/mol. The van der Waals surface area contributed by atoms with Gasteiger partial charge in [0.25, 0.3) is 0 Å². The van der Waals surface area contributed by atoms with E-state index in [1.807, 2.05) is 0 Å². The quantitative estimate of drug-likeness (QED) is 0.656. The van der Waals surface area contributed by atoms with Crippen LogP contribution in [0.5, 0.6) is 0 Å². The number of anilines is 2. The van der Waals surface area contributed by atoms with E-state index in [0.717, 1.165) is 16.3 Å². The summed E-state index contributed by atoms with van der Waals surface area (Å²) in [6.45, 7) is 0. The highest BCUT2D eigenvalue weighted by atomic mass is 35.5. The molecule has 0 amide bonds. The largest absolute Gasteiger partial charge is 0.399 e. The Balaban J connectivity index is 2.51. The van der Waals surface area contributed by atoms with Crippen LogP contribution in [-0.2, 0) is 0 Å². The second-order valence-electron chi connectivity index (χ2n) is 3.28. The van der Waals surface area contributed by atoms with Crippen LogP contribution in [0.2, 0.25) is 5.02 Å². The molecule has 0 atom stereocenters. The van der Waals surface area contributed by atoms with Crippen molar-refractivity contribution < 1.29 is 0 Å². The molecule has 0 radical (unpaired) electrons. The molecule has 1 aromatic rings. The van der Waals surface area contributed by atoms with Crippen molar-refractivity contribution in [2.75, 3.05) is 11.5 Å². The van der Waals surface area contributed by atoms with Gasteiger partial charge in [-0.2, -0.15) is 0 Å². The molecule has 0 aliphatic heterocycles. The molecule has 1 aromatic carbocycles. The van der Waals surface area contributed by atoms with E-state index in [2.05, 4.69) is 0 Å². The van der Waals surface area contributed by atoms with E-state index in [9.17, 15) is 0 Å². The topological polar surface area (TPSA) is 52.0 Å². The summed E-state index contributed by atoms with van der Waals surface area (Å²) < 4.78 is 0. The Bertz CT molecular complexity index is 295. The zero-order valence-corrected chi connectivity index (χ0v) is 7.43. The molecule has 1 aliphatic rings. The molecule has 0 aromatic heterocycles. The predicted molar refractivity (Wildman–Crippen MR) is 52.3 cm³/mol. The lowest BCUT2D eigenvalue weighted by atomic mass is 10.1. The fourth-order valence-corrected chi connectivity index (χ4v) is 1.85. The summed E-state index contributed by atoms with van der Waals surface area (Å²) in [5.74, 6) is 0.582. The minimum absolute atomic E-state index is 0.582. The van der Waals surface area contributed by atoms with Gasteiger partial charge in [0.15, 0.2) is 0 Å². The van der Waals surface area contributed by atoms with Gasteiger partial charge in [0, 0.05) is 16.4 Å². The lowest BCUT2D eigenvalue weighted by molar-refractivity contribution is 1.14. The van der Waals surface area contributed by atoms with Crippen molar-refractivity contribution in [1.29, 1.82) is 0 Å². The first-order valence-corrected chi connectivity index (χ1v) is 4.40. The Hall–Kier alpha value is -0.890. The van der Waals surface area contributed by atoms with E-state index >= 15 is 0 Å². The maximum atomic E-state index is 6.01. The van der Waals surface area contributed by atoms with E-state index in [-0.39, 0.29) is 0 Å². The van der Waals surface area contributed by atoms with E-state index in [1.54, 1.807) is 12.1 Å². The number of rotatable bonds is 1. The van der Waals surface area contributed by atoms with Crippen LogP contribution >= 0.6 is 11.6 Å². The minimum atomic E-state index is 0.582. The maximum Gasteiger partial charge on any atom is 0.0481 e.